The fraction of sp³-hybridized carbons (Fsp3) is 0.938. The van der Waals surface area contributed by atoms with Crippen molar-refractivity contribution in [3.63, 3.8) is 0 Å². The summed E-state index contributed by atoms with van der Waals surface area (Å²) >= 11 is 0. The maximum atomic E-state index is 12.5. The van der Waals surface area contributed by atoms with Crippen molar-refractivity contribution in [3.8, 4) is 0 Å². The van der Waals surface area contributed by atoms with E-state index in [0.29, 0.717) is 18.0 Å². The van der Waals surface area contributed by atoms with Gasteiger partial charge in [-0.25, -0.2) is 0 Å². The quantitative estimate of drug-likeness (QED) is 0.732. The molecule has 0 spiro atoms. The van der Waals surface area contributed by atoms with Gasteiger partial charge < -0.3 is 4.90 Å². The minimum absolute atomic E-state index is 0.0671. The highest BCUT2D eigenvalue weighted by molar-refractivity contribution is 5.84. The molecule has 19 heavy (non-hydrogen) atoms. The van der Waals surface area contributed by atoms with Gasteiger partial charge in [0.2, 0.25) is 5.91 Å². The van der Waals surface area contributed by atoms with Crippen molar-refractivity contribution in [1.29, 1.82) is 0 Å². The number of hydrogen-bond donors (Lipinski definition) is 1. The Morgan fingerprint density at radius 2 is 2.05 bits per heavy atom. The molecule has 1 N–H and O–H groups in total. The summed E-state index contributed by atoms with van der Waals surface area (Å²) in [6.45, 7) is 7.55. The smallest absolute Gasteiger partial charge is 0.241 e. The molecule has 0 bridgehead atoms. The van der Waals surface area contributed by atoms with Gasteiger partial charge in [0.15, 0.2) is 0 Å². The van der Waals surface area contributed by atoms with Gasteiger partial charge >= 0.3 is 0 Å². The van der Waals surface area contributed by atoms with Crippen molar-refractivity contribution in [2.24, 2.45) is 11.8 Å². The summed E-state index contributed by atoms with van der Waals surface area (Å²) in [6, 6.07) is 0.0671. The van der Waals surface area contributed by atoms with E-state index in [1.165, 1.54) is 25.7 Å². The average Bonchev–Trinajstić information content (AvgIpc) is 3.11. The fourth-order valence-corrected chi connectivity index (χ4v) is 3.12. The van der Waals surface area contributed by atoms with E-state index in [0.717, 1.165) is 31.7 Å². The molecular weight excluding hydrogens is 236 g/mol. The highest BCUT2D eigenvalue weighted by atomic mass is 16.2. The van der Waals surface area contributed by atoms with Crippen LogP contribution in [0.1, 0.15) is 65.7 Å². The van der Waals surface area contributed by atoms with E-state index < -0.39 is 0 Å². The van der Waals surface area contributed by atoms with Gasteiger partial charge in [-0.1, -0.05) is 40.0 Å². The highest BCUT2D eigenvalue weighted by Crippen LogP contribution is 2.33. The molecule has 2 atom stereocenters. The molecule has 1 aliphatic carbocycles. The zero-order chi connectivity index (χ0) is 13.8. The number of hydrogen-bond acceptors (Lipinski definition) is 2. The van der Waals surface area contributed by atoms with Gasteiger partial charge in [0, 0.05) is 6.54 Å². The number of rotatable bonds is 8. The maximum absolute atomic E-state index is 12.5. The number of nitrogens with one attached hydrogen (secondary N) is 1. The predicted molar refractivity (Wildman–Crippen MR) is 78.7 cm³/mol. The van der Waals surface area contributed by atoms with Crippen molar-refractivity contribution < 1.29 is 4.79 Å². The van der Waals surface area contributed by atoms with Crippen molar-refractivity contribution in [2.75, 3.05) is 6.54 Å². The molecule has 3 heteroatoms. The van der Waals surface area contributed by atoms with E-state index in [9.17, 15) is 4.79 Å². The molecule has 0 aromatic heterocycles. The van der Waals surface area contributed by atoms with Gasteiger partial charge in [0.05, 0.1) is 12.2 Å². The topological polar surface area (TPSA) is 32.3 Å². The minimum atomic E-state index is 0.0671. The molecule has 2 fully saturated rings. The Hall–Kier alpha value is -0.570. The molecule has 0 aromatic carbocycles. The maximum Gasteiger partial charge on any atom is 0.241 e. The zero-order valence-electron chi connectivity index (χ0n) is 12.8. The second-order valence-electron chi connectivity index (χ2n) is 6.77. The first kappa shape index (κ1) is 14.8. The van der Waals surface area contributed by atoms with E-state index in [4.69, 9.17) is 0 Å². The van der Waals surface area contributed by atoms with Crippen LogP contribution in [0.3, 0.4) is 0 Å². The van der Waals surface area contributed by atoms with Crippen LogP contribution in [0.2, 0.25) is 0 Å². The van der Waals surface area contributed by atoms with Crippen LogP contribution in [-0.2, 0) is 4.79 Å². The molecule has 2 unspecified atom stereocenters. The van der Waals surface area contributed by atoms with Crippen LogP contribution in [0.5, 0.6) is 0 Å². The minimum Gasteiger partial charge on any atom is -0.326 e. The summed E-state index contributed by atoms with van der Waals surface area (Å²) in [6.07, 6.45) is 8.83. The standard InChI is InChI=1S/C16H30N2O/c1-4-6-15-17-14(11-12(2)3)16(19)18(15)10-5-7-13-8-9-13/h12-15,17H,4-11H2,1-3H3. The Balaban J connectivity index is 1.85. The summed E-state index contributed by atoms with van der Waals surface area (Å²) in [5, 5.41) is 3.55. The summed E-state index contributed by atoms with van der Waals surface area (Å²) < 4.78 is 0. The predicted octanol–water partition coefficient (Wildman–Crippen LogP) is 3.15. The summed E-state index contributed by atoms with van der Waals surface area (Å²) in [4.78, 5) is 14.6. The number of nitrogens with zero attached hydrogens (tertiary/aromatic N) is 1. The Morgan fingerprint density at radius 3 is 2.63 bits per heavy atom. The van der Waals surface area contributed by atoms with E-state index in [2.05, 4.69) is 31.0 Å². The first-order chi connectivity index (χ1) is 9.11. The first-order valence-electron chi connectivity index (χ1n) is 8.18. The summed E-state index contributed by atoms with van der Waals surface area (Å²) in [5.41, 5.74) is 0. The van der Waals surface area contributed by atoms with Crippen LogP contribution in [0.4, 0.5) is 0 Å². The Kier molecular flexibility index (Phi) is 5.26. The largest absolute Gasteiger partial charge is 0.326 e. The third kappa shape index (κ3) is 4.20. The lowest BCUT2D eigenvalue weighted by Gasteiger charge is -2.23. The monoisotopic (exact) mass is 266 g/mol. The van der Waals surface area contributed by atoms with Crippen LogP contribution >= 0.6 is 0 Å². The normalized spacial score (nSPS) is 27.6. The molecule has 0 aromatic rings. The Morgan fingerprint density at radius 1 is 1.32 bits per heavy atom. The van der Waals surface area contributed by atoms with Crippen LogP contribution in [0.25, 0.3) is 0 Å². The molecule has 1 aliphatic heterocycles. The zero-order valence-corrected chi connectivity index (χ0v) is 12.8. The molecule has 110 valence electrons. The lowest BCUT2D eigenvalue weighted by molar-refractivity contribution is -0.130. The molecule has 3 nitrogen and oxygen atoms in total. The van der Waals surface area contributed by atoms with Crippen molar-refractivity contribution in [1.82, 2.24) is 10.2 Å². The molecule has 1 amide bonds. The number of carbonyl (C=O) groups is 1. The van der Waals surface area contributed by atoms with Crippen LogP contribution in [-0.4, -0.2) is 29.6 Å². The summed E-state index contributed by atoms with van der Waals surface area (Å²) in [5.74, 6) is 1.90. The summed E-state index contributed by atoms with van der Waals surface area (Å²) in [7, 11) is 0. The van der Waals surface area contributed by atoms with Gasteiger partial charge in [-0.3, -0.25) is 10.1 Å². The molecule has 0 radical (unpaired) electrons. The highest BCUT2D eigenvalue weighted by Gasteiger charge is 2.38. The van der Waals surface area contributed by atoms with Crippen LogP contribution < -0.4 is 5.32 Å². The Labute approximate surface area is 118 Å². The van der Waals surface area contributed by atoms with Gasteiger partial charge in [-0.2, -0.15) is 0 Å². The van der Waals surface area contributed by atoms with Crippen LogP contribution in [0.15, 0.2) is 0 Å². The average molecular weight is 266 g/mol. The SMILES string of the molecule is CCCC1NC(CC(C)C)C(=O)N1CCCC1CC1. The molecule has 2 aliphatic rings. The fourth-order valence-electron chi connectivity index (χ4n) is 3.12. The van der Waals surface area contributed by atoms with E-state index in [1.54, 1.807) is 0 Å². The Bertz CT molecular complexity index is 299. The molecular formula is C16H30N2O. The second-order valence-corrected chi connectivity index (χ2v) is 6.77. The third-order valence-electron chi connectivity index (χ3n) is 4.33. The number of amides is 1. The van der Waals surface area contributed by atoms with Gasteiger partial charge in [0.25, 0.3) is 0 Å². The number of carbonyl (C=O) groups excluding carboxylic acids is 1. The molecule has 1 saturated heterocycles. The van der Waals surface area contributed by atoms with Crippen molar-refractivity contribution in [3.05, 3.63) is 0 Å². The molecule has 1 saturated carbocycles. The van der Waals surface area contributed by atoms with Gasteiger partial charge in [-0.15, -0.1) is 0 Å². The first-order valence-corrected chi connectivity index (χ1v) is 8.18. The van der Waals surface area contributed by atoms with Crippen LogP contribution in [0, 0.1) is 11.8 Å². The molecule has 2 rings (SSSR count). The van der Waals surface area contributed by atoms with Gasteiger partial charge in [-0.05, 0) is 37.5 Å². The third-order valence-corrected chi connectivity index (χ3v) is 4.33. The van der Waals surface area contributed by atoms with Crippen molar-refractivity contribution >= 4 is 5.91 Å². The van der Waals surface area contributed by atoms with E-state index in [-0.39, 0.29) is 6.04 Å². The van der Waals surface area contributed by atoms with Crippen molar-refractivity contribution in [2.45, 2.75) is 77.9 Å². The van der Waals surface area contributed by atoms with E-state index in [1.807, 2.05) is 0 Å². The van der Waals surface area contributed by atoms with Gasteiger partial charge in [0.1, 0.15) is 0 Å². The van der Waals surface area contributed by atoms with E-state index >= 15 is 0 Å². The lowest BCUT2D eigenvalue weighted by Crippen LogP contribution is -2.37. The molecule has 1 heterocycles. The lowest BCUT2D eigenvalue weighted by atomic mass is 10.0. The second kappa shape index (κ2) is 6.74.